The third kappa shape index (κ3) is 3.99. The zero-order chi connectivity index (χ0) is 19.5. The minimum absolute atomic E-state index is 0.246. The zero-order valence-corrected chi connectivity index (χ0v) is 16.3. The Labute approximate surface area is 164 Å². The second-order valence-corrected chi connectivity index (χ2v) is 7.31. The third-order valence-corrected chi connectivity index (χ3v) is 5.12. The van der Waals surface area contributed by atoms with Gasteiger partial charge in [-0.1, -0.05) is 29.8 Å². The van der Waals surface area contributed by atoms with Crippen molar-refractivity contribution in [3.63, 3.8) is 0 Å². The Hall–Kier alpha value is -2.93. The van der Waals surface area contributed by atoms with Crippen LogP contribution in [-0.4, -0.2) is 38.7 Å². The first-order valence-electron chi connectivity index (χ1n) is 9.64. The Morgan fingerprint density at radius 3 is 2.89 bits per heavy atom. The van der Waals surface area contributed by atoms with Gasteiger partial charge >= 0.3 is 0 Å². The summed E-state index contributed by atoms with van der Waals surface area (Å²) in [6, 6.07) is 11.7. The van der Waals surface area contributed by atoms with Crippen molar-refractivity contribution in [3.8, 4) is 0 Å². The highest BCUT2D eigenvalue weighted by molar-refractivity contribution is 5.91. The summed E-state index contributed by atoms with van der Waals surface area (Å²) in [7, 11) is 0. The summed E-state index contributed by atoms with van der Waals surface area (Å²) in [5.41, 5.74) is 2.62. The van der Waals surface area contributed by atoms with E-state index in [1.807, 2.05) is 6.92 Å². The number of furan rings is 1. The molecule has 3 aromatic rings. The van der Waals surface area contributed by atoms with Crippen LogP contribution in [0.1, 0.15) is 46.3 Å². The lowest BCUT2D eigenvalue weighted by Crippen LogP contribution is -2.30. The number of benzene rings is 1. The summed E-state index contributed by atoms with van der Waals surface area (Å²) < 4.78 is 7.31. The molecule has 1 amide bonds. The zero-order valence-electron chi connectivity index (χ0n) is 16.3. The first-order chi connectivity index (χ1) is 13.6. The van der Waals surface area contributed by atoms with Crippen LogP contribution in [0.2, 0.25) is 0 Å². The fourth-order valence-electron chi connectivity index (χ4n) is 3.68. The molecule has 0 spiro atoms. The Kier molecular flexibility index (Phi) is 5.25. The van der Waals surface area contributed by atoms with E-state index in [2.05, 4.69) is 56.2 Å². The van der Waals surface area contributed by atoms with Gasteiger partial charge in [-0.2, -0.15) is 0 Å². The monoisotopic (exact) mass is 379 g/mol. The van der Waals surface area contributed by atoms with Gasteiger partial charge in [0.05, 0.1) is 12.3 Å². The number of rotatable bonds is 5. The number of fused-ring (bicyclic) bond motifs is 1. The second-order valence-electron chi connectivity index (χ2n) is 7.31. The van der Waals surface area contributed by atoms with Crippen LogP contribution in [0.5, 0.6) is 0 Å². The summed E-state index contributed by atoms with van der Waals surface area (Å²) in [6.07, 6.45) is 2.34. The molecule has 4 rings (SSSR count). The fourth-order valence-corrected chi connectivity index (χ4v) is 3.68. The highest BCUT2D eigenvalue weighted by atomic mass is 16.3. The normalized spacial score (nSPS) is 15.6. The van der Waals surface area contributed by atoms with E-state index in [4.69, 9.17) is 4.42 Å². The van der Waals surface area contributed by atoms with E-state index >= 15 is 0 Å². The molecule has 7 nitrogen and oxygen atoms in total. The Bertz CT molecular complexity index is 948. The topological polar surface area (TPSA) is 76.2 Å². The predicted molar refractivity (Wildman–Crippen MR) is 105 cm³/mol. The molecule has 0 bridgehead atoms. The van der Waals surface area contributed by atoms with Crippen LogP contribution < -0.4 is 5.32 Å². The van der Waals surface area contributed by atoms with Crippen LogP contribution in [0.25, 0.3) is 0 Å². The van der Waals surface area contributed by atoms with Crippen LogP contribution in [-0.2, 0) is 19.5 Å². The van der Waals surface area contributed by atoms with Crippen LogP contribution in [0.4, 0.5) is 0 Å². The molecule has 2 aromatic heterocycles. The summed E-state index contributed by atoms with van der Waals surface area (Å²) in [5, 5.41) is 11.7. The van der Waals surface area contributed by atoms with Gasteiger partial charge in [-0.3, -0.25) is 9.69 Å². The van der Waals surface area contributed by atoms with E-state index in [0.717, 1.165) is 44.2 Å². The van der Waals surface area contributed by atoms with Crippen LogP contribution in [0.15, 0.2) is 47.1 Å². The number of carbonyl (C=O) groups excluding carboxylic acids is 1. The third-order valence-electron chi connectivity index (χ3n) is 5.12. The van der Waals surface area contributed by atoms with Gasteiger partial charge in [0.1, 0.15) is 5.82 Å². The highest BCUT2D eigenvalue weighted by Gasteiger charge is 2.23. The van der Waals surface area contributed by atoms with Gasteiger partial charge in [0.25, 0.3) is 5.91 Å². The van der Waals surface area contributed by atoms with E-state index < -0.39 is 0 Å². The SMILES string of the molecule is Cc1cccc(CN2CCc3nnc(C(C)NC(=O)c4ccco4)n3CC2)c1. The molecule has 0 saturated carbocycles. The summed E-state index contributed by atoms with van der Waals surface area (Å²) >= 11 is 0. The van der Waals surface area contributed by atoms with E-state index in [1.54, 1.807) is 12.1 Å². The van der Waals surface area contributed by atoms with Crippen molar-refractivity contribution in [2.75, 3.05) is 13.1 Å². The standard InChI is InChI=1S/C21H25N5O2/c1-15-5-3-6-17(13-15)14-25-9-8-19-23-24-20(26(19)11-10-25)16(2)22-21(27)18-7-4-12-28-18/h3-7,12-13,16H,8-11,14H2,1-2H3,(H,22,27). The molecule has 3 heterocycles. The molecule has 28 heavy (non-hydrogen) atoms. The average Bonchev–Trinajstić information content (AvgIpc) is 3.30. The Morgan fingerprint density at radius 2 is 2.11 bits per heavy atom. The van der Waals surface area contributed by atoms with Crippen molar-refractivity contribution < 1.29 is 9.21 Å². The Balaban J connectivity index is 1.42. The lowest BCUT2D eigenvalue weighted by molar-refractivity contribution is 0.0909. The molecule has 1 N–H and O–H groups in total. The molecule has 1 atom stereocenters. The number of nitrogens with zero attached hydrogens (tertiary/aromatic N) is 4. The van der Waals surface area contributed by atoms with Crippen molar-refractivity contribution in [1.29, 1.82) is 0 Å². The predicted octanol–water partition coefficient (Wildman–Crippen LogP) is 2.73. The van der Waals surface area contributed by atoms with Gasteiger partial charge in [0.2, 0.25) is 0 Å². The smallest absolute Gasteiger partial charge is 0.287 e. The highest BCUT2D eigenvalue weighted by Crippen LogP contribution is 2.17. The lowest BCUT2D eigenvalue weighted by Gasteiger charge is -2.20. The maximum atomic E-state index is 12.3. The molecule has 7 heteroatoms. The fraction of sp³-hybridized carbons (Fsp3) is 0.381. The van der Waals surface area contributed by atoms with Crippen molar-refractivity contribution in [3.05, 3.63) is 71.2 Å². The van der Waals surface area contributed by atoms with Crippen molar-refractivity contribution in [2.24, 2.45) is 0 Å². The number of hydrogen-bond donors (Lipinski definition) is 1. The largest absolute Gasteiger partial charge is 0.459 e. The first kappa shape index (κ1) is 18.4. The number of amides is 1. The number of carbonyl (C=O) groups is 1. The van der Waals surface area contributed by atoms with Crippen molar-refractivity contribution >= 4 is 5.91 Å². The van der Waals surface area contributed by atoms with Crippen LogP contribution in [0.3, 0.4) is 0 Å². The molecule has 1 unspecified atom stereocenters. The van der Waals surface area contributed by atoms with Gasteiger partial charge in [0, 0.05) is 32.6 Å². The van der Waals surface area contributed by atoms with Crippen LogP contribution >= 0.6 is 0 Å². The van der Waals surface area contributed by atoms with Gasteiger partial charge in [-0.25, -0.2) is 0 Å². The van der Waals surface area contributed by atoms with Gasteiger partial charge < -0.3 is 14.3 Å². The van der Waals surface area contributed by atoms with E-state index in [0.29, 0.717) is 5.76 Å². The minimum Gasteiger partial charge on any atom is -0.459 e. The maximum absolute atomic E-state index is 12.3. The minimum atomic E-state index is -0.248. The first-order valence-corrected chi connectivity index (χ1v) is 9.64. The number of aryl methyl sites for hydroxylation is 1. The van der Waals surface area contributed by atoms with E-state index in [1.165, 1.54) is 17.4 Å². The maximum Gasteiger partial charge on any atom is 0.287 e. The molecule has 0 radical (unpaired) electrons. The molecule has 146 valence electrons. The summed E-state index contributed by atoms with van der Waals surface area (Å²) in [4.78, 5) is 14.7. The number of aromatic nitrogens is 3. The molecular formula is C21H25N5O2. The molecule has 1 aliphatic heterocycles. The average molecular weight is 379 g/mol. The van der Waals surface area contributed by atoms with Gasteiger partial charge in [-0.05, 0) is 31.5 Å². The number of nitrogens with one attached hydrogen (secondary N) is 1. The van der Waals surface area contributed by atoms with Crippen molar-refractivity contribution in [2.45, 2.75) is 39.4 Å². The quantitative estimate of drug-likeness (QED) is 0.738. The second kappa shape index (κ2) is 7.98. The Morgan fingerprint density at radius 1 is 1.21 bits per heavy atom. The lowest BCUT2D eigenvalue weighted by atomic mass is 10.1. The molecular weight excluding hydrogens is 354 g/mol. The summed E-state index contributed by atoms with van der Waals surface area (Å²) in [6.45, 7) is 7.65. The molecule has 1 aliphatic rings. The molecule has 0 fully saturated rings. The van der Waals surface area contributed by atoms with E-state index in [-0.39, 0.29) is 11.9 Å². The van der Waals surface area contributed by atoms with Crippen LogP contribution in [0, 0.1) is 6.92 Å². The van der Waals surface area contributed by atoms with Gasteiger partial charge in [-0.15, -0.1) is 10.2 Å². The van der Waals surface area contributed by atoms with E-state index in [9.17, 15) is 4.79 Å². The number of hydrogen-bond acceptors (Lipinski definition) is 5. The molecule has 1 aromatic carbocycles. The van der Waals surface area contributed by atoms with Gasteiger partial charge in [0.15, 0.2) is 11.6 Å². The summed E-state index contributed by atoms with van der Waals surface area (Å²) in [5.74, 6) is 1.81. The molecule has 0 saturated heterocycles. The molecule has 0 aliphatic carbocycles. The van der Waals surface area contributed by atoms with Crippen molar-refractivity contribution in [1.82, 2.24) is 25.0 Å².